The smallest absolute Gasteiger partial charge is 0.311 e. The predicted octanol–water partition coefficient (Wildman–Crippen LogP) is 1.86. The van der Waals surface area contributed by atoms with Crippen LogP contribution in [0.4, 0.5) is 0 Å². The molecule has 3 heteroatoms. The average Bonchev–Trinajstić information content (AvgIpc) is 2.81. The van der Waals surface area contributed by atoms with Crippen molar-refractivity contribution >= 4 is 11.8 Å². The molecule has 1 aliphatic heterocycles. The number of esters is 1. The summed E-state index contributed by atoms with van der Waals surface area (Å²) in [5.74, 6) is 0.478. The maximum atomic E-state index is 12.5. The summed E-state index contributed by atoms with van der Waals surface area (Å²) in [6.45, 7) is 2.19. The molecular formula is C14H16O3. The summed E-state index contributed by atoms with van der Waals surface area (Å²) in [6.07, 6.45) is 7.61. The highest BCUT2D eigenvalue weighted by Gasteiger charge is 2.80. The first-order valence-corrected chi connectivity index (χ1v) is 6.57. The summed E-state index contributed by atoms with van der Waals surface area (Å²) in [5, 5.41) is 0. The van der Waals surface area contributed by atoms with Crippen molar-refractivity contribution in [1.29, 1.82) is 0 Å². The van der Waals surface area contributed by atoms with Crippen LogP contribution in [0.25, 0.3) is 0 Å². The third-order valence-corrected chi connectivity index (χ3v) is 5.70. The van der Waals surface area contributed by atoms with Crippen molar-refractivity contribution in [2.45, 2.75) is 38.2 Å². The Morgan fingerprint density at radius 1 is 1.41 bits per heavy atom. The van der Waals surface area contributed by atoms with E-state index in [9.17, 15) is 9.59 Å². The molecule has 2 bridgehead atoms. The minimum atomic E-state index is -0.881. The Kier molecular flexibility index (Phi) is 1.54. The molecule has 17 heavy (non-hydrogen) atoms. The van der Waals surface area contributed by atoms with Gasteiger partial charge >= 0.3 is 5.97 Å². The zero-order chi connectivity index (χ0) is 11.8. The summed E-state index contributed by atoms with van der Waals surface area (Å²) >= 11 is 0. The number of ketones is 1. The van der Waals surface area contributed by atoms with Crippen LogP contribution in [0.2, 0.25) is 0 Å². The highest BCUT2D eigenvalue weighted by atomic mass is 16.6. The zero-order valence-electron chi connectivity index (χ0n) is 9.94. The summed E-state index contributed by atoms with van der Waals surface area (Å²) in [6, 6.07) is 0. The van der Waals surface area contributed by atoms with Gasteiger partial charge < -0.3 is 4.74 Å². The van der Waals surface area contributed by atoms with Gasteiger partial charge in [0, 0.05) is 11.3 Å². The fourth-order valence-electron chi connectivity index (χ4n) is 4.99. The number of hydrogen-bond acceptors (Lipinski definition) is 3. The lowest BCUT2D eigenvalue weighted by atomic mass is 9.60. The van der Waals surface area contributed by atoms with Crippen LogP contribution in [0, 0.1) is 23.2 Å². The summed E-state index contributed by atoms with van der Waals surface area (Å²) in [4.78, 5) is 24.5. The van der Waals surface area contributed by atoms with Crippen molar-refractivity contribution in [1.82, 2.24) is 0 Å². The molecule has 0 aromatic rings. The lowest BCUT2D eigenvalue weighted by Gasteiger charge is -2.40. The Balaban J connectivity index is 2.01. The van der Waals surface area contributed by atoms with Crippen molar-refractivity contribution in [2.24, 2.45) is 23.2 Å². The molecule has 4 aliphatic rings. The van der Waals surface area contributed by atoms with Crippen LogP contribution in [0.3, 0.4) is 0 Å². The average molecular weight is 232 g/mol. The second-order valence-corrected chi connectivity index (χ2v) is 6.13. The van der Waals surface area contributed by atoms with Gasteiger partial charge in [-0.3, -0.25) is 9.59 Å². The Hall–Kier alpha value is -1.12. The Labute approximate surface area is 100 Å². The molecule has 0 aromatic heterocycles. The van der Waals surface area contributed by atoms with Gasteiger partial charge in [-0.15, -0.1) is 0 Å². The van der Waals surface area contributed by atoms with E-state index < -0.39 is 5.60 Å². The van der Waals surface area contributed by atoms with Crippen LogP contribution in [0.5, 0.6) is 0 Å². The SMILES string of the molecule is C[C@H]1CCC=C[C@]23OC(=O)[C@H]4C[C@H](C[C@@]412)C3=O. The van der Waals surface area contributed by atoms with Crippen LogP contribution in [0.15, 0.2) is 12.2 Å². The first-order chi connectivity index (χ1) is 8.12. The quantitative estimate of drug-likeness (QED) is 0.473. The summed E-state index contributed by atoms with van der Waals surface area (Å²) < 4.78 is 5.61. The van der Waals surface area contributed by atoms with Gasteiger partial charge in [-0.1, -0.05) is 13.0 Å². The maximum absolute atomic E-state index is 12.5. The van der Waals surface area contributed by atoms with Crippen molar-refractivity contribution in [3.05, 3.63) is 12.2 Å². The van der Waals surface area contributed by atoms with Gasteiger partial charge in [0.05, 0.1) is 5.92 Å². The molecule has 0 N–H and O–H groups in total. The number of hydrogen-bond donors (Lipinski definition) is 0. The first-order valence-electron chi connectivity index (χ1n) is 6.57. The number of carbonyl (C=O) groups is 2. The minimum Gasteiger partial charge on any atom is -0.446 e. The Morgan fingerprint density at radius 2 is 2.24 bits per heavy atom. The summed E-state index contributed by atoms with van der Waals surface area (Å²) in [7, 11) is 0. The molecule has 0 radical (unpaired) electrons. The zero-order valence-corrected chi connectivity index (χ0v) is 9.94. The predicted molar refractivity (Wildman–Crippen MR) is 60.0 cm³/mol. The van der Waals surface area contributed by atoms with Crippen LogP contribution >= 0.6 is 0 Å². The van der Waals surface area contributed by atoms with Gasteiger partial charge in [-0.25, -0.2) is 0 Å². The molecule has 0 unspecified atom stereocenters. The lowest BCUT2D eigenvalue weighted by Crippen LogP contribution is -2.51. The first kappa shape index (κ1) is 9.86. The monoisotopic (exact) mass is 232 g/mol. The summed E-state index contributed by atoms with van der Waals surface area (Å²) in [5.41, 5.74) is -1.09. The molecule has 1 spiro atoms. The second-order valence-electron chi connectivity index (χ2n) is 6.13. The standard InChI is InChI=1S/C14H16O3/c1-8-4-2-3-5-14-11(15)9-6-10(12(16)17-14)13(8,14)7-9/h3,5,8-10H,2,4,6-7H2,1H3/t8-,9+,10+,13-,14+/m0/s1. The minimum absolute atomic E-state index is 0.0250. The van der Waals surface area contributed by atoms with Crippen molar-refractivity contribution in [3.8, 4) is 0 Å². The molecule has 0 aromatic carbocycles. The van der Waals surface area contributed by atoms with Gasteiger partial charge in [0.2, 0.25) is 0 Å². The topological polar surface area (TPSA) is 43.4 Å². The number of rotatable bonds is 0. The third-order valence-electron chi connectivity index (χ3n) is 5.70. The number of carbonyl (C=O) groups excluding carboxylic acids is 2. The number of Topliss-reactive ketones (excluding diaryl/α,β-unsaturated/α-hetero) is 1. The molecule has 3 fully saturated rings. The van der Waals surface area contributed by atoms with Crippen LogP contribution < -0.4 is 0 Å². The molecule has 3 aliphatic carbocycles. The molecule has 1 saturated heterocycles. The van der Waals surface area contributed by atoms with E-state index in [0.717, 1.165) is 25.7 Å². The van der Waals surface area contributed by atoms with E-state index >= 15 is 0 Å². The van der Waals surface area contributed by atoms with E-state index in [0.29, 0.717) is 5.92 Å². The van der Waals surface area contributed by atoms with Gasteiger partial charge in [-0.05, 0) is 37.7 Å². The molecule has 90 valence electrons. The molecular weight excluding hydrogens is 216 g/mol. The highest BCUT2D eigenvalue weighted by molar-refractivity contribution is 6.03. The maximum Gasteiger partial charge on any atom is 0.311 e. The van der Waals surface area contributed by atoms with E-state index in [2.05, 4.69) is 6.92 Å². The van der Waals surface area contributed by atoms with Crippen molar-refractivity contribution in [3.63, 3.8) is 0 Å². The molecule has 0 amide bonds. The molecule has 4 rings (SSSR count). The molecule has 3 nitrogen and oxygen atoms in total. The van der Waals surface area contributed by atoms with Gasteiger partial charge in [0.25, 0.3) is 0 Å². The lowest BCUT2D eigenvalue weighted by molar-refractivity contribution is -0.154. The fourth-order valence-corrected chi connectivity index (χ4v) is 4.99. The van der Waals surface area contributed by atoms with E-state index in [1.807, 2.05) is 12.2 Å². The van der Waals surface area contributed by atoms with Crippen LogP contribution in [-0.2, 0) is 14.3 Å². The fraction of sp³-hybridized carbons (Fsp3) is 0.714. The van der Waals surface area contributed by atoms with Crippen LogP contribution in [-0.4, -0.2) is 17.4 Å². The van der Waals surface area contributed by atoms with Gasteiger partial charge in [-0.2, -0.15) is 0 Å². The van der Waals surface area contributed by atoms with E-state index in [1.165, 1.54) is 0 Å². The third kappa shape index (κ3) is 0.791. The largest absolute Gasteiger partial charge is 0.446 e. The van der Waals surface area contributed by atoms with Gasteiger partial charge in [0.1, 0.15) is 0 Å². The van der Waals surface area contributed by atoms with Gasteiger partial charge in [0.15, 0.2) is 11.4 Å². The Bertz CT molecular complexity index is 466. The Morgan fingerprint density at radius 3 is 3.06 bits per heavy atom. The van der Waals surface area contributed by atoms with E-state index in [1.54, 1.807) is 0 Å². The number of fused-ring (bicyclic) bond motifs is 1. The number of allylic oxidation sites excluding steroid dienone is 1. The van der Waals surface area contributed by atoms with E-state index in [4.69, 9.17) is 4.74 Å². The van der Waals surface area contributed by atoms with Crippen LogP contribution in [0.1, 0.15) is 32.6 Å². The van der Waals surface area contributed by atoms with E-state index in [-0.39, 0.29) is 29.0 Å². The normalized spacial score (nSPS) is 54.8. The number of ether oxygens (including phenoxy) is 1. The molecule has 2 saturated carbocycles. The van der Waals surface area contributed by atoms with Crippen molar-refractivity contribution in [2.75, 3.05) is 0 Å². The molecule has 5 atom stereocenters. The highest BCUT2D eigenvalue weighted by Crippen LogP contribution is 2.71. The molecule has 1 heterocycles. The van der Waals surface area contributed by atoms with Crippen molar-refractivity contribution < 1.29 is 14.3 Å². The second kappa shape index (κ2) is 2.65.